The predicted octanol–water partition coefficient (Wildman–Crippen LogP) is 5.14. The summed E-state index contributed by atoms with van der Waals surface area (Å²) in [6.45, 7) is 0. The van der Waals surface area contributed by atoms with Gasteiger partial charge in [0, 0.05) is 30.0 Å². The summed E-state index contributed by atoms with van der Waals surface area (Å²) in [5.41, 5.74) is 6.49. The normalized spacial score (nSPS) is 18.3. The monoisotopic (exact) mass is 450 g/mol. The first kappa shape index (κ1) is 25.0. The predicted molar refractivity (Wildman–Crippen MR) is 112 cm³/mol. The lowest BCUT2D eigenvalue weighted by Crippen LogP contribution is -2.28. The number of hydrogen-bond donors (Lipinski definition) is 3. The number of amides is 1. The number of carbonyl (C=O) groups is 1. The van der Waals surface area contributed by atoms with Crippen LogP contribution in [0.4, 0.5) is 30.4 Å². The summed E-state index contributed by atoms with van der Waals surface area (Å²) in [6.07, 6.45) is -0.194. The molecule has 1 aliphatic rings. The molecular weight excluding hydrogens is 428 g/mol. The minimum absolute atomic E-state index is 0. The highest BCUT2D eigenvalue weighted by atomic mass is 35.5. The molecule has 5 nitrogen and oxygen atoms in total. The van der Waals surface area contributed by atoms with Gasteiger partial charge < -0.3 is 16.4 Å². The molecule has 1 amide bonds. The Kier molecular flexibility index (Phi) is 9.19. The molecule has 160 valence electrons. The van der Waals surface area contributed by atoms with Gasteiger partial charge in [-0.15, -0.1) is 24.8 Å². The molecule has 2 atom stereocenters. The van der Waals surface area contributed by atoms with E-state index in [2.05, 4.69) is 15.6 Å². The maximum Gasteiger partial charge on any atom is 0.417 e. The largest absolute Gasteiger partial charge is 0.417 e. The number of hydrogen-bond acceptors (Lipinski definition) is 4. The lowest BCUT2D eigenvalue weighted by Gasteiger charge is -2.15. The molecule has 1 saturated carbocycles. The highest BCUT2D eigenvalue weighted by Crippen LogP contribution is 2.29. The number of pyridine rings is 1. The van der Waals surface area contributed by atoms with E-state index in [0.29, 0.717) is 23.6 Å². The average molecular weight is 451 g/mol. The Balaban J connectivity index is 0.00000210. The molecule has 0 spiro atoms. The SMILES string of the molecule is Cl.Cl.N[C@@H]1CCC[C@H]1CC(=O)Nc1ccc(Nc2ccc(C(F)(F)F)cn2)cc1. The van der Waals surface area contributed by atoms with E-state index >= 15 is 0 Å². The topological polar surface area (TPSA) is 80.0 Å². The average Bonchev–Trinajstić information content (AvgIpc) is 3.01. The first-order chi connectivity index (χ1) is 12.8. The fraction of sp³-hybridized carbons (Fsp3) is 0.368. The summed E-state index contributed by atoms with van der Waals surface area (Å²) in [5, 5.41) is 5.76. The van der Waals surface area contributed by atoms with Crippen LogP contribution in [0.1, 0.15) is 31.2 Å². The number of halogens is 5. The van der Waals surface area contributed by atoms with Crippen molar-refractivity contribution in [2.45, 2.75) is 37.9 Å². The summed E-state index contributed by atoms with van der Waals surface area (Å²) in [6, 6.07) is 9.21. The second-order valence-electron chi connectivity index (χ2n) is 6.74. The van der Waals surface area contributed by atoms with Crippen LogP contribution in [-0.4, -0.2) is 16.9 Å². The number of anilines is 3. The highest BCUT2D eigenvalue weighted by molar-refractivity contribution is 5.91. The van der Waals surface area contributed by atoms with Crippen LogP contribution < -0.4 is 16.4 Å². The minimum atomic E-state index is -4.41. The van der Waals surface area contributed by atoms with Gasteiger partial charge in [-0.2, -0.15) is 13.2 Å². The van der Waals surface area contributed by atoms with E-state index in [-0.39, 0.29) is 42.7 Å². The Bertz CT molecular complexity index is 786. The number of aromatic nitrogens is 1. The number of nitrogens with one attached hydrogen (secondary N) is 2. The molecule has 0 bridgehead atoms. The molecule has 1 aromatic carbocycles. The number of carbonyl (C=O) groups excluding carboxylic acids is 1. The molecule has 0 aliphatic heterocycles. The van der Waals surface area contributed by atoms with Gasteiger partial charge in [0.1, 0.15) is 5.82 Å². The smallest absolute Gasteiger partial charge is 0.340 e. The molecule has 0 saturated heterocycles. The van der Waals surface area contributed by atoms with Gasteiger partial charge >= 0.3 is 6.18 Å². The van der Waals surface area contributed by atoms with Gasteiger partial charge in [0.25, 0.3) is 0 Å². The number of alkyl halides is 3. The van der Waals surface area contributed by atoms with Gasteiger partial charge in [0.15, 0.2) is 0 Å². The van der Waals surface area contributed by atoms with Crippen molar-refractivity contribution in [1.82, 2.24) is 4.98 Å². The Morgan fingerprint density at radius 1 is 1.07 bits per heavy atom. The van der Waals surface area contributed by atoms with Gasteiger partial charge in [-0.1, -0.05) is 6.42 Å². The van der Waals surface area contributed by atoms with Crippen molar-refractivity contribution in [3.05, 3.63) is 48.2 Å². The molecule has 2 aromatic rings. The molecule has 1 fully saturated rings. The summed E-state index contributed by atoms with van der Waals surface area (Å²) >= 11 is 0. The van der Waals surface area contributed by atoms with Crippen molar-refractivity contribution in [3.8, 4) is 0 Å². The van der Waals surface area contributed by atoms with Crippen LogP contribution >= 0.6 is 24.8 Å². The van der Waals surface area contributed by atoms with E-state index in [9.17, 15) is 18.0 Å². The van der Waals surface area contributed by atoms with E-state index in [0.717, 1.165) is 31.5 Å². The molecule has 4 N–H and O–H groups in total. The second-order valence-corrected chi connectivity index (χ2v) is 6.74. The standard InChI is InChI=1S/C19H21F3N4O.2ClH/c20-19(21,22)13-4-9-17(24-11-13)25-14-5-7-15(8-6-14)26-18(27)10-12-2-1-3-16(12)23;;/h4-9,11-12,16H,1-3,10,23H2,(H,24,25)(H,26,27);2*1H/t12-,16+;;/m0../s1. The lowest BCUT2D eigenvalue weighted by atomic mass is 10.00. The third-order valence-electron chi connectivity index (χ3n) is 4.70. The van der Waals surface area contributed by atoms with Crippen molar-refractivity contribution in [3.63, 3.8) is 0 Å². The molecule has 3 rings (SSSR count). The van der Waals surface area contributed by atoms with Crippen molar-refractivity contribution < 1.29 is 18.0 Å². The molecule has 1 aliphatic carbocycles. The van der Waals surface area contributed by atoms with Crippen LogP contribution in [-0.2, 0) is 11.0 Å². The molecule has 29 heavy (non-hydrogen) atoms. The maximum absolute atomic E-state index is 12.5. The van der Waals surface area contributed by atoms with Gasteiger partial charge in [-0.3, -0.25) is 4.79 Å². The van der Waals surface area contributed by atoms with E-state index < -0.39 is 11.7 Å². The fourth-order valence-corrected chi connectivity index (χ4v) is 3.19. The van der Waals surface area contributed by atoms with Crippen LogP contribution in [0, 0.1) is 5.92 Å². The van der Waals surface area contributed by atoms with Crippen molar-refractivity contribution in [1.29, 1.82) is 0 Å². The van der Waals surface area contributed by atoms with Crippen LogP contribution in [0.3, 0.4) is 0 Å². The lowest BCUT2D eigenvalue weighted by molar-refractivity contribution is -0.137. The summed E-state index contributed by atoms with van der Waals surface area (Å²) < 4.78 is 37.6. The van der Waals surface area contributed by atoms with Crippen LogP contribution in [0.2, 0.25) is 0 Å². The van der Waals surface area contributed by atoms with Gasteiger partial charge in [0.05, 0.1) is 5.56 Å². The highest BCUT2D eigenvalue weighted by Gasteiger charge is 2.30. The maximum atomic E-state index is 12.5. The van der Waals surface area contributed by atoms with E-state index in [1.54, 1.807) is 24.3 Å². The molecular formula is C19H23Cl2F3N4O. The third-order valence-corrected chi connectivity index (χ3v) is 4.70. The summed E-state index contributed by atoms with van der Waals surface area (Å²) in [4.78, 5) is 15.9. The first-order valence-corrected chi connectivity index (χ1v) is 8.77. The zero-order valence-corrected chi connectivity index (χ0v) is 17.0. The van der Waals surface area contributed by atoms with Gasteiger partial charge in [-0.05, 0) is 55.2 Å². The summed E-state index contributed by atoms with van der Waals surface area (Å²) in [5.74, 6) is 0.467. The quantitative estimate of drug-likeness (QED) is 0.588. The zero-order valence-electron chi connectivity index (χ0n) is 15.4. The van der Waals surface area contributed by atoms with Crippen LogP contribution in [0.15, 0.2) is 42.6 Å². The van der Waals surface area contributed by atoms with E-state index in [1.165, 1.54) is 6.07 Å². The van der Waals surface area contributed by atoms with Crippen molar-refractivity contribution in [2.24, 2.45) is 11.7 Å². The Morgan fingerprint density at radius 2 is 1.72 bits per heavy atom. The van der Waals surface area contributed by atoms with Crippen LogP contribution in [0.5, 0.6) is 0 Å². The van der Waals surface area contributed by atoms with Crippen LogP contribution in [0.25, 0.3) is 0 Å². The number of nitrogens with two attached hydrogens (primary N) is 1. The first-order valence-electron chi connectivity index (χ1n) is 8.77. The van der Waals surface area contributed by atoms with E-state index in [4.69, 9.17) is 5.73 Å². The number of rotatable bonds is 5. The second kappa shape index (κ2) is 10.7. The van der Waals surface area contributed by atoms with Gasteiger partial charge in [-0.25, -0.2) is 4.98 Å². The third kappa shape index (κ3) is 7.06. The molecule has 1 aromatic heterocycles. The molecule has 1 heterocycles. The van der Waals surface area contributed by atoms with E-state index in [1.807, 2.05) is 0 Å². The Morgan fingerprint density at radius 3 is 2.24 bits per heavy atom. The Hall–Kier alpha value is -2.03. The number of nitrogens with zero attached hydrogens (tertiary/aromatic N) is 1. The molecule has 0 unspecified atom stereocenters. The van der Waals surface area contributed by atoms with Crippen molar-refractivity contribution >= 4 is 47.9 Å². The summed E-state index contributed by atoms with van der Waals surface area (Å²) in [7, 11) is 0. The zero-order chi connectivity index (χ0) is 19.4. The molecule has 10 heteroatoms. The van der Waals surface area contributed by atoms with Gasteiger partial charge in [0.2, 0.25) is 5.91 Å². The minimum Gasteiger partial charge on any atom is -0.340 e. The van der Waals surface area contributed by atoms with Crippen molar-refractivity contribution in [2.75, 3.05) is 10.6 Å². The fourth-order valence-electron chi connectivity index (χ4n) is 3.19. The number of benzene rings is 1. The Labute approximate surface area is 179 Å². The molecule has 0 radical (unpaired) electrons.